The van der Waals surface area contributed by atoms with Crippen molar-refractivity contribution in [3.05, 3.63) is 11.3 Å². The average Bonchev–Trinajstić information content (AvgIpc) is 2.78. The highest BCUT2D eigenvalue weighted by molar-refractivity contribution is 5.85. The quantitative estimate of drug-likeness (QED) is 0.796. The lowest BCUT2D eigenvalue weighted by atomic mass is 10.1. The van der Waals surface area contributed by atoms with Crippen molar-refractivity contribution in [1.82, 2.24) is 15.1 Å². The molecule has 1 amide bonds. The average molecular weight is 296 g/mol. The fourth-order valence-electron chi connectivity index (χ4n) is 2.67. The van der Waals surface area contributed by atoms with Gasteiger partial charge in [0, 0.05) is 25.7 Å². The van der Waals surface area contributed by atoms with Gasteiger partial charge in [0.1, 0.15) is 11.9 Å². The first-order chi connectivity index (χ1) is 10.1. The second-order valence-electron chi connectivity index (χ2n) is 5.24. The molecule has 7 heteroatoms. The largest absolute Gasteiger partial charge is 0.391 e. The molecule has 1 saturated heterocycles. The molecule has 0 spiro atoms. The molecule has 1 fully saturated rings. The third-order valence-electron chi connectivity index (χ3n) is 3.72. The lowest BCUT2D eigenvalue weighted by molar-refractivity contribution is -0.124. The molecule has 2 rings (SSSR count). The summed E-state index contributed by atoms with van der Waals surface area (Å²) in [6.45, 7) is 5.97. The van der Waals surface area contributed by atoms with E-state index in [0.29, 0.717) is 26.3 Å². The number of morpholine rings is 1. The molecule has 7 nitrogen and oxygen atoms in total. The van der Waals surface area contributed by atoms with E-state index in [1.165, 1.54) is 0 Å². The number of ether oxygens (including phenoxy) is 1. The van der Waals surface area contributed by atoms with Crippen LogP contribution in [0.4, 0.5) is 5.82 Å². The van der Waals surface area contributed by atoms with Gasteiger partial charge in [-0.1, -0.05) is 6.92 Å². The van der Waals surface area contributed by atoms with Gasteiger partial charge in [0.25, 0.3) is 0 Å². The number of carbonyl (C=O) groups excluding carboxylic acids is 1. The Morgan fingerprint density at radius 3 is 3.00 bits per heavy atom. The fourth-order valence-corrected chi connectivity index (χ4v) is 2.67. The molecular formula is C14H24N4O3. The fraction of sp³-hybridized carbons (Fsp3) is 0.714. The van der Waals surface area contributed by atoms with E-state index in [1.54, 1.807) is 4.68 Å². The zero-order valence-electron chi connectivity index (χ0n) is 12.9. The van der Waals surface area contributed by atoms with Crippen LogP contribution in [0.5, 0.6) is 0 Å². The molecule has 2 N–H and O–H groups in total. The zero-order valence-corrected chi connectivity index (χ0v) is 12.9. The molecule has 0 aromatic carbocycles. The normalized spacial score (nSPS) is 18.9. The number of aliphatic hydroxyl groups excluding tert-OH is 1. The van der Waals surface area contributed by atoms with E-state index in [9.17, 15) is 9.90 Å². The number of aromatic nitrogens is 2. The second-order valence-corrected chi connectivity index (χ2v) is 5.24. The Morgan fingerprint density at radius 1 is 1.57 bits per heavy atom. The second kappa shape index (κ2) is 6.91. The summed E-state index contributed by atoms with van der Waals surface area (Å²) in [6, 6.07) is -0.384. The van der Waals surface area contributed by atoms with Gasteiger partial charge in [-0.15, -0.1) is 0 Å². The van der Waals surface area contributed by atoms with E-state index < -0.39 is 0 Å². The van der Waals surface area contributed by atoms with Crippen LogP contribution >= 0.6 is 0 Å². The van der Waals surface area contributed by atoms with Gasteiger partial charge in [-0.25, -0.2) is 0 Å². The van der Waals surface area contributed by atoms with Crippen molar-refractivity contribution < 1.29 is 14.6 Å². The van der Waals surface area contributed by atoms with Gasteiger partial charge in [0.2, 0.25) is 5.91 Å². The smallest absolute Gasteiger partial charge is 0.245 e. The number of nitrogens with one attached hydrogen (secondary N) is 1. The van der Waals surface area contributed by atoms with E-state index in [0.717, 1.165) is 23.5 Å². The van der Waals surface area contributed by atoms with Gasteiger partial charge in [-0.05, 0) is 13.3 Å². The van der Waals surface area contributed by atoms with Crippen molar-refractivity contribution in [2.24, 2.45) is 7.05 Å². The van der Waals surface area contributed by atoms with Crippen molar-refractivity contribution >= 4 is 11.7 Å². The number of amides is 1. The summed E-state index contributed by atoms with van der Waals surface area (Å²) in [5.74, 6) is 0.759. The molecule has 0 bridgehead atoms. The third-order valence-corrected chi connectivity index (χ3v) is 3.72. The summed E-state index contributed by atoms with van der Waals surface area (Å²) < 4.78 is 7.19. The zero-order chi connectivity index (χ0) is 15.4. The van der Waals surface area contributed by atoms with E-state index in [-0.39, 0.29) is 18.6 Å². The van der Waals surface area contributed by atoms with Gasteiger partial charge in [-0.3, -0.25) is 9.48 Å². The van der Waals surface area contributed by atoms with Crippen molar-refractivity contribution in [3.8, 4) is 0 Å². The first-order valence-electron chi connectivity index (χ1n) is 7.35. The minimum atomic E-state index is -0.384. The Kier molecular flexibility index (Phi) is 5.19. The molecule has 0 aliphatic carbocycles. The summed E-state index contributed by atoms with van der Waals surface area (Å²) in [4.78, 5) is 14.3. The van der Waals surface area contributed by atoms with Crippen molar-refractivity contribution in [2.45, 2.75) is 32.9 Å². The Labute approximate surface area is 124 Å². The molecule has 1 atom stereocenters. The monoisotopic (exact) mass is 296 g/mol. The molecule has 0 saturated carbocycles. The van der Waals surface area contributed by atoms with Gasteiger partial charge < -0.3 is 20.1 Å². The minimum absolute atomic E-state index is 0.0423. The van der Waals surface area contributed by atoms with Crippen LogP contribution in [0.1, 0.15) is 24.6 Å². The number of aliphatic hydroxyl groups is 1. The van der Waals surface area contributed by atoms with Crippen molar-refractivity contribution in [2.75, 3.05) is 31.2 Å². The summed E-state index contributed by atoms with van der Waals surface area (Å²) >= 11 is 0. The molecular weight excluding hydrogens is 272 g/mol. The highest BCUT2D eigenvalue weighted by atomic mass is 16.5. The summed E-state index contributed by atoms with van der Waals surface area (Å²) in [5, 5.41) is 16.9. The van der Waals surface area contributed by atoms with Crippen LogP contribution in [-0.2, 0) is 23.2 Å². The Morgan fingerprint density at radius 2 is 2.33 bits per heavy atom. The number of anilines is 1. The molecule has 2 heterocycles. The number of hydrogen-bond donors (Lipinski definition) is 2. The topological polar surface area (TPSA) is 79.6 Å². The standard InChI is InChI=1S/C14H24N4O3/c1-4-5-15-13(20)12-9-21-7-6-18(12)14-11(8-19)10(2)16-17(14)3/h12,19H,4-9H2,1-3H3,(H,15,20). The van der Waals surface area contributed by atoms with Crippen LogP contribution in [0.15, 0.2) is 0 Å². The molecule has 1 aliphatic heterocycles. The first-order valence-corrected chi connectivity index (χ1v) is 7.35. The van der Waals surface area contributed by atoms with Gasteiger partial charge >= 0.3 is 0 Å². The predicted molar refractivity (Wildman–Crippen MR) is 79.1 cm³/mol. The summed E-state index contributed by atoms with van der Waals surface area (Å²) in [5.41, 5.74) is 1.56. The maximum atomic E-state index is 12.3. The van der Waals surface area contributed by atoms with Crippen molar-refractivity contribution in [3.63, 3.8) is 0 Å². The highest BCUT2D eigenvalue weighted by Gasteiger charge is 2.33. The van der Waals surface area contributed by atoms with E-state index in [4.69, 9.17) is 4.74 Å². The molecule has 21 heavy (non-hydrogen) atoms. The van der Waals surface area contributed by atoms with E-state index in [2.05, 4.69) is 10.4 Å². The molecule has 1 unspecified atom stereocenters. The number of rotatable bonds is 5. The number of nitrogens with zero attached hydrogens (tertiary/aromatic N) is 3. The van der Waals surface area contributed by atoms with E-state index in [1.807, 2.05) is 25.8 Å². The Bertz CT molecular complexity index is 501. The van der Waals surface area contributed by atoms with Crippen LogP contribution in [0.25, 0.3) is 0 Å². The van der Waals surface area contributed by atoms with Crippen LogP contribution in [0.2, 0.25) is 0 Å². The maximum absolute atomic E-state index is 12.3. The maximum Gasteiger partial charge on any atom is 0.245 e. The Hall–Kier alpha value is -1.60. The summed E-state index contributed by atoms with van der Waals surface area (Å²) in [6.07, 6.45) is 0.895. The molecule has 118 valence electrons. The van der Waals surface area contributed by atoms with Gasteiger partial charge in [0.15, 0.2) is 0 Å². The van der Waals surface area contributed by atoms with Crippen LogP contribution in [0, 0.1) is 6.92 Å². The number of hydrogen-bond acceptors (Lipinski definition) is 5. The SMILES string of the molecule is CCCNC(=O)C1COCCN1c1c(CO)c(C)nn1C. The molecule has 1 aliphatic rings. The lowest BCUT2D eigenvalue weighted by Crippen LogP contribution is -2.54. The van der Waals surface area contributed by atoms with Crippen LogP contribution < -0.4 is 10.2 Å². The summed E-state index contributed by atoms with van der Waals surface area (Å²) in [7, 11) is 1.83. The number of carbonyl (C=O) groups is 1. The van der Waals surface area contributed by atoms with Gasteiger partial charge in [0.05, 0.1) is 25.5 Å². The third kappa shape index (κ3) is 3.19. The Balaban J connectivity index is 2.28. The van der Waals surface area contributed by atoms with Crippen LogP contribution in [0.3, 0.4) is 0 Å². The molecule has 1 aromatic rings. The minimum Gasteiger partial charge on any atom is -0.391 e. The van der Waals surface area contributed by atoms with E-state index >= 15 is 0 Å². The highest BCUT2D eigenvalue weighted by Crippen LogP contribution is 2.26. The van der Waals surface area contributed by atoms with Crippen molar-refractivity contribution in [1.29, 1.82) is 0 Å². The first kappa shape index (κ1) is 15.8. The predicted octanol–water partition coefficient (Wildman–Crippen LogP) is -0.0478. The lowest BCUT2D eigenvalue weighted by Gasteiger charge is -2.36. The van der Waals surface area contributed by atoms with Crippen LogP contribution in [-0.4, -0.2) is 53.1 Å². The molecule has 0 radical (unpaired) electrons. The van der Waals surface area contributed by atoms with Gasteiger partial charge in [-0.2, -0.15) is 5.10 Å². The molecule has 1 aromatic heterocycles. The number of aryl methyl sites for hydroxylation is 2.